The molecule has 3 heterocycles. The quantitative estimate of drug-likeness (QED) is 0.781. The summed E-state index contributed by atoms with van der Waals surface area (Å²) in [6.45, 7) is 1.80. The fraction of sp³-hybridized carbons (Fsp3) is 0.722. The lowest BCUT2D eigenvalue weighted by Crippen LogP contribution is -2.51. The number of sulfone groups is 1. The van der Waals surface area contributed by atoms with Crippen molar-refractivity contribution in [3.63, 3.8) is 0 Å². The number of aromatic nitrogens is 1. The van der Waals surface area contributed by atoms with Gasteiger partial charge in [0.25, 0.3) is 0 Å². The van der Waals surface area contributed by atoms with Crippen LogP contribution in [0.15, 0.2) is 18.3 Å². The number of rotatable bonds is 2. The molecular formula is C18H23F3N2O2S. The van der Waals surface area contributed by atoms with Crippen LogP contribution in [0.25, 0.3) is 0 Å². The molecular weight excluding hydrogens is 365 g/mol. The Kier molecular flexibility index (Phi) is 4.34. The molecule has 4 rings (SSSR count). The van der Waals surface area contributed by atoms with E-state index in [9.17, 15) is 21.6 Å². The van der Waals surface area contributed by atoms with Gasteiger partial charge in [-0.05, 0) is 62.3 Å². The molecule has 0 aromatic carbocycles. The summed E-state index contributed by atoms with van der Waals surface area (Å²) in [5, 5.41) is 0. The van der Waals surface area contributed by atoms with Gasteiger partial charge < -0.3 is 0 Å². The number of halogens is 3. The second kappa shape index (κ2) is 6.19. The predicted octanol–water partition coefficient (Wildman–Crippen LogP) is 3.25. The average molecular weight is 388 g/mol. The van der Waals surface area contributed by atoms with Gasteiger partial charge in [0.05, 0.1) is 11.5 Å². The van der Waals surface area contributed by atoms with Gasteiger partial charge in [0.1, 0.15) is 5.69 Å². The van der Waals surface area contributed by atoms with Crippen molar-refractivity contribution < 1.29 is 21.6 Å². The zero-order chi connectivity index (χ0) is 18.6. The van der Waals surface area contributed by atoms with Crippen molar-refractivity contribution >= 4 is 9.84 Å². The van der Waals surface area contributed by atoms with E-state index in [-0.39, 0.29) is 11.3 Å². The van der Waals surface area contributed by atoms with Gasteiger partial charge in [-0.2, -0.15) is 13.2 Å². The van der Waals surface area contributed by atoms with E-state index in [1.807, 2.05) is 0 Å². The van der Waals surface area contributed by atoms with Crippen molar-refractivity contribution in [3.8, 4) is 0 Å². The fourth-order valence-electron chi connectivity index (χ4n) is 5.04. The minimum atomic E-state index is -4.40. The van der Waals surface area contributed by atoms with Gasteiger partial charge in [-0.25, -0.2) is 8.42 Å². The van der Waals surface area contributed by atoms with Gasteiger partial charge in [-0.3, -0.25) is 9.88 Å². The third-order valence-electron chi connectivity index (χ3n) is 6.28. The predicted molar refractivity (Wildman–Crippen MR) is 91.5 cm³/mol. The topological polar surface area (TPSA) is 50.3 Å². The molecule has 0 amide bonds. The molecule has 2 aliphatic heterocycles. The van der Waals surface area contributed by atoms with Crippen LogP contribution in [0.1, 0.15) is 49.3 Å². The number of alkyl halides is 3. The molecule has 0 atom stereocenters. The van der Waals surface area contributed by atoms with Crippen molar-refractivity contribution in [1.82, 2.24) is 9.88 Å². The van der Waals surface area contributed by atoms with Crippen molar-refractivity contribution in [3.05, 3.63) is 29.6 Å². The maximum Gasteiger partial charge on any atom is 0.433 e. The Bertz CT molecular complexity index is 774. The lowest BCUT2D eigenvalue weighted by atomic mass is 9.81. The molecule has 3 fully saturated rings. The van der Waals surface area contributed by atoms with Crippen LogP contribution >= 0.6 is 0 Å². The molecule has 2 saturated heterocycles. The van der Waals surface area contributed by atoms with Crippen LogP contribution in [0.4, 0.5) is 13.2 Å². The van der Waals surface area contributed by atoms with E-state index in [2.05, 4.69) is 9.88 Å². The smallest absolute Gasteiger partial charge is 0.300 e. The van der Waals surface area contributed by atoms with Crippen LogP contribution < -0.4 is 0 Å². The Hall–Kier alpha value is -1.15. The maximum absolute atomic E-state index is 12.9. The summed E-state index contributed by atoms with van der Waals surface area (Å²) >= 11 is 0. The Morgan fingerprint density at radius 1 is 1.15 bits per heavy atom. The van der Waals surface area contributed by atoms with E-state index in [0.717, 1.165) is 50.8 Å². The first kappa shape index (κ1) is 18.2. The van der Waals surface area contributed by atoms with Crippen molar-refractivity contribution in [2.45, 2.75) is 50.2 Å². The largest absolute Gasteiger partial charge is 0.433 e. The first-order valence-corrected chi connectivity index (χ1v) is 11.0. The molecule has 8 heteroatoms. The lowest BCUT2D eigenvalue weighted by molar-refractivity contribution is -0.141. The Morgan fingerprint density at radius 3 is 2.46 bits per heavy atom. The summed E-state index contributed by atoms with van der Waals surface area (Å²) in [6, 6.07) is 3.32. The normalized spacial score (nSPS) is 31.0. The van der Waals surface area contributed by atoms with E-state index < -0.39 is 21.7 Å². The second-order valence-corrected chi connectivity index (χ2v) is 10.3. The van der Waals surface area contributed by atoms with Gasteiger partial charge in [0, 0.05) is 24.2 Å². The highest BCUT2D eigenvalue weighted by molar-refractivity contribution is 7.92. The van der Waals surface area contributed by atoms with E-state index in [4.69, 9.17) is 0 Å². The third-order valence-corrected chi connectivity index (χ3v) is 8.38. The van der Waals surface area contributed by atoms with Crippen LogP contribution in [0.3, 0.4) is 0 Å². The van der Waals surface area contributed by atoms with Gasteiger partial charge in [0.2, 0.25) is 0 Å². The number of hydrogen-bond acceptors (Lipinski definition) is 4. The van der Waals surface area contributed by atoms with Crippen LogP contribution in [-0.2, 0) is 16.0 Å². The highest BCUT2D eigenvalue weighted by Crippen LogP contribution is 2.44. The van der Waals surface area contributed by atoms with Gasteiger partial charge in [-0.1, -0.05) is 0 Å². The first-order chi connectivity index (χ1) is 12.2. The van der Waals surface area contributed by atoms with Crippen LogP contribution in [-0.4, -0.2) is 48.9 Å². The number of hydrogen-bond donors (Lipinski definition) is 0. The molecule has 1 aromatic rings. The molecule has 0 unspecified atom stereocenters. The lowest BCUT2D eigenvalue weighted by Gasteiger charge is -2.40. The monoisotopic (exact) mass is 388 g/mol. The molecule has 1 saturated carbocycles. The van der Waals surface area contributed by atoms with Crippen molar-refractivity contribution in [1.29, 1.82) is 0 Å². The summed E-state index contributed by atoms with van der Waals surface area (Å²) in [4.78, 5) is 5.86. The standard InChI is InChI=1S/C18H23F3N2O2S/c19-18(20,21)16-9-14(5-7-22-16)13-1-3-15(4-2-13)23-8-6-17(10-23)11-26(24,25)12-17/h5,7,9,13,15H,1-4,6,8,10-12H2/t13-,15-. The van der Waals surface area contributed by atoms with E-state index >= 15 is 0 Å². The number of pyridine rings is 1. The van der Waals surface area contributed by atoms with Gasteiger partial charge >= 0.3 is 6.18 Å². The van der Waals surface area contributed by atoms with E-state index in [1.165, 1.54) is 12.3 Å². The molecule has 4 nitrogen and oxygen atoms in total. The van der Waals surface area contributed by atoms with Crippen LogP contribution in [0, 0.1) is 5.41 Å². The maximum atomic E-state index is 12.9. The van der Waals surface area contributed by atoms with E-state index in [1.54, 1.807) is 6.07 Å². The Labute approximate surface area is 151 Å². The average Bonchev–Trinajstić information content (AvgIpc) is 2.98. The zero-order valence-corrected chi connectivity index (χ0v) is 15.3. The molecule has 0 bridgehead atoms. The first-order valence-electron chi connectivity index (χ1n) is 9.14. The van der Waals surface area contributed by atoms with Crippen LogP contribution in [0.2, 0.25) is 0 Å². The second-order valence-electron chi connectivity index (χ2n) is 8.23. The SMILES string of the molecule is O=S1(=O)CC2(CCN([C@H]3CC[C@H](c4ccnc(C(F)(F)F)c4)CC3)C2)C1. The van der Waals surface area contributed by atoms with Crippen LogP contribution in [0.5, 0.6) is 0 Å². The molecule has 1 spiro atoms. The van der Waals surface area contributed by atoms with Crippen molar-refractivity contribution in [2.75, 3.05) is 24.6 Å². The van der Waals surface area contributed by atoms with Crippen molar-refractivity contribution in [2.24, 2.45) is 5.41 Å². The minimum Gasteiger partial charge on any atom is -0.300 e. The molecule has 26 heavy (non-hydrogen) atoms. The summed E-state index contributed by atoms with van der Waals surface area (Å²) < 4.78 is 61.6. The molecule has 0 radical (unpaired) electrons. The van der Waals surface area contributed by atoms with Gasteiger partial charge in [-0.15, -0.1) is 0 Å². The number of likely N-dealkylation sites (tertiary alicyclic amines) is 1. The summed E-state index contributed by atoms with van der Waals surface area (Å²) in [5.74, 6) is 0.794. The molecule has 0 N–H and O–H groups in total. The summed E-state index contributed by atoms with van der Waals surface area (Å²) in [5.41, 5.74) is -0.110. The molecule has 144 valence electrons. The fourth-order valence-corrected chi connectivity index (χ4v) is 7.29. The Balaban J connectivity index is 1.35. The van der Waals surface area contributed by atoms with Gasteiger partial charge in [0.15, 0.2) is 9.84 Å². The highest BCUT2D eigenvalue weighted by atomic mass is 32.2. The molecule has 3 aliphatic rings. The molecule has 1 aliphatic carbocycles. The van der Waals surface area contributed by atoms with E-state index in [0.29, 0.717) is 17.5 Å². The minimum absolute atomic E-state index is 0.0254. The summed E-state index contributed by atoms with van der Waals surface area (Å²) in [7, 11) is -2.81. The highest BCUT2D eigenvalue weighted by Gasteiger charge is 2.52. The summed E-state index contributed by atoms with van der Waals surface area (Å²) in [6.07, 6.45) is 1.45. The molecule has 1 aromatic heterocycles. The number of nitrogens with zero attached hydrogens (tertiary/aromatic N) is 2. The zero-order valence-electron chi connectivity index (χ0n) is 14.5. The Morgan fingerprint density at radius 2 is 1.85 bits per heavy atom. The third kappa shape index (κ3) is 3.50.